The van der Waals surface area contributed by atoms with Crippen LogP contribution in [-0.2, 0) is 14.4 Å². The molecule has 36 heavy (non-hydrogen) atoms. The van der Waals surface area contributed by atoms with E-state index in [-0.39, 0.29) is 5.91 Å². The highest BCUT2D eigenvalue weighted by atomic mass is 35.5. The number of para-hydroxylation sites is 1. The molecule has 3 heterocycles. The van der Waals surface area contributed by atoms with Crippen molar-refractivity contribution in [2.24, 2.45) is 5.92 Å². The third-order valence-electron chi connectivity index (χ3n) is 6.33. The number of hydrogen-bond donors (Lipinski definition) is 0. The van der Waals surface area contributed by atoms with Crippen LogP contribution in [0.5, 0.6) is 0 Å². The smallest absolute Gasteiger partial charge is 0.266 e. The van der Waals surface area contributed by atoms with Gasteiger partial charge in [0.05, 0.1) is 16.4 Å². The van der Waals surface area contributed by atoms with Crippen LogP contribution in [0.1, 0.15) is 11.8 Å². The molecule has 2 saturated heterocycles. The Bertz CT molecular complexity index is 1470. The molecule has 6 rings (SSSR count). The van der Waals surface area contributed by atoms with Gasteiger partial charge in [0.15, 0.2) is 6.10 Å². The van der Waals surface area contributed by atoms with Gasteiger partial charge in [-0.05, 0) is 66.7 Å². The molecule has 180 valence electrons. The van der Waals surface area contributed by atoms with Crippen molar-refractivity contribution in [1.29, 1.82) is 0 Å². The Kier molecular flexibility index (Phi) is 5.77. The van der Waals surface area contributed by atoms with Crippen molar-refractivity contribution in [2.45, 2.75) is 12.1 Å². The number of carbonyl (C=O) groups excluding carboxylic acids is 2. The van der Waals surface area contributed by atoms with Gasteiger partial charge in [0.25, 0.3) is 5.91 Å². The molecule has 0 saturated carbocycles. The average Bonchev–Trinajstić information content (AvgIpc) is 3.56. The van der Waals surface area contributed by atoms with Crippen molar-refractivity contribution in [2.75, 3.05) is 9.96 Å². The highest BCUT2D eigenvalue weighted by Crippen LogP contribution is 2.48. The predicted molar refractivity (Wildman–Crippen MR) is 138 cm³/mol. The van der Waals surface area contributed by atoms with Crippen molar-refractivity contribution in [3.05, 3.63) is 106 Å². The molecule has 0 spiro atoms. The fourth-order valence-electron chi connectivity index (χ4n) is 4.69. The second kappa shape index (κ2) is 8.98. The molecule has 9 heteroatoms. The fraction of sp³-hybridized carbons (Fsp3) is 0.111. The van der Waals surface area contributed by atoms with Gasteiger partial charge in [0, 0.05) is 15.6 Å². The van der Waals surface area contributed by atoms with Gasteiger partial charge in [-0.2, -0.15) is 0 Å². The summed E-state index contributed by atoms with van der Waals surface area (Å²) in [5.41, 5.74) is 1.79. The summed E-state index contributed by atoms with van der Waals surface area (Å²) < 4.78 is 6.23. The lowest BCUT2D eigenvalue weighted by atomic mass is 9.94. The molecular weight excluding hydrogens is 523 g/mol. The van der Waals surface area contributed by atoms with Crippen LogP contribution in [0.4, 0.5) is 11.4 Å². The summed E-state index contributed by atoms with van der Waals surface area (Å²) in [7, 11) is 0. The van der Waals surface area contributed by atoms with Crippen LogP contribution in [0.25, 0.3) is 11.3 Å². The maximum atomic E-state index is 13.7. The second-order valence-electron chi connectivity index (χ2n) is 8.47. The van der Waals surface area contributed by atoms with Gasteiger partial charge >= 0.3 is 0 Å². The number of carbonyl (C=O) groups is 2. The van der Waals surface area contributed by atoms with E-state index in [0.717, 1.165) is 4.90 Å². The van der Waals surface area contributed by atoms with E-state index < -0.39 is 24.0 Å². The topological polar surface area (TPSA) is 63.0 Å². The average molecular weight is 540 g/mol. The van der Waals surface area contributed by atoms with Gasteiger partial charge in [0.1, 0.15) is 23.5 Å². The summed E-state index contributed by atoms with van der Waals surface area (Å²) in [6.45, 7) is 0. The van der Waals surface area contributed by atoms with E-state index in [1.807, 2.05) is 30.3 Å². The lowest BCUT2D eigenvalue weighted by Gasteiger charge is -2.27. The summed E-state index contributed by atoms with van der Waals surface area (Å²) in [5, 5.41) is 3.03. The van der Waals surface area contributed by atoms with Gasteiger partial charge in [0.2, 0.25) is 5.91 Å². The molecule has 2 fully saturated rings. The molecule has 3 atom stereocenters. The van der Waals surface area contributed by atoms with E-state index in [9.17, 15) is 9.59 Å². The van der Waals surface area contributed by atoms with Crippen LogP contribution >= 0.6 is 34.8 Å². The summed E-state index contributed by atoms with van der Waals surface area (Å²) >= 11 is 18.4. The summed E-state index contributed by atoms with van der Waals surface area (Å²) in [6.07, 6.45) is -1.01. The molecule has 0 N–H and O–H groups in total. The zero-order chi connectivity index (χ0) is 25.0. The molecule has 6 nitrogen and oxygen atoms in total. The SMILES string of the molecule is O=C1[C@H]2[C@@H](c3ccc(-c4ccc(Cl)cc4Cl)o3)N(c3ccccc3)O[C@H]2C(=O)N1c1ccc(Cl)cc1. The molecule has 2 aliphatic heterocycles. The normalized spacial score (nSPS) is 21.4. The predicted octanol–water partition coefficient (Wildman–Crippen LogP) is 6.96. The summed E-state index contributed by atoms with van der Waals surface area (Å²) in [6, 6.07) is 23.8. The summed E-state index contributed by atoms with van der Waals surface area (Å²) in [5.74, 6) is -0.671. The van der Waals surface area contributed by atoms with E-state index in [1.54, 1.807) is 59.7 Å². The van der Waals surface area contributed by atoms with Crippen molar-refractivity contribution in [1.82, 2.24) is 0 Å². The number of rotatable bonds is 4. The molecule has 2 aliphatic rings. The Morgan fingerprint density at radius 1 is 0.722 bits per heavy atom. The Hall–Kier alpha value is -3.29. The zero-order valence-electron chi connectivity index (χ0n) is 18.5. The first-order valence-electron chi connectivity index (χ1n) is 11.1. The maximum Gasteiger partial charge on any atom is 0.266 e. The number of furan rings is 1. The second-order valence-corrected chi connectivity index (χ2v) is 9.75. The molecule has 0 aliphatic carbocycles. The van der Waals surface area contributed by atoms with Crippen LogP contribution in [-0.4, -0.2) is 17.9 Å². The van der Waals surface area contributed by atoms with Crippen molar-refractivity contribution in [3.63, 3.8) is 0 Å². The first-order valence-corrected chi connectivity index (χ1v) is 12.3. The van der Waals surface area contributed by atoms with Gasteiger partial charge in [-0.1, -0.05) is 53.0 Å². The highest BCUT2D eigenvalue weighted by molar-refractivity contribution is 6.36. The Morgan fingerprint density at radius 3 is 2.17 bits per heavy atom. The quantitative estimate of drug-likeness (QED) is 0.262. The third-order valence-corrected chi connectivity index (χ3v) is 7.13. The number of imide groups is 1. The number of hydrogen-bond acceptors (Lipinski definition) is 5. The lowest BCUT2D eigenvalue weighted by molar-refractivity contribution is -0.126. The van der Waals surface area contributed by atoms with Crippen LogP contribution in [0, 0.1) is 5.92 Å². The van der Waals surface area contributed by atoms with Gasteiger partial charge < -0.3 is 4.42 Å². The Balaban J connectivity index is 1.42. The van der Waals surface area contributed by atoms with Gasteiger partial charge in [-0.25, -0.2) is 9.96 Å². The number of fused-ring (bicyclic) bond motifs is 1. The van der Waals surface area contributed by atoms with E-state index >= 15 is 0 Å². The maximum absolute atomic E-state index is 13.7. The number of halogens is 3. The number of hydroxylamine groups is 1. The fourth-order valence-corrected chi connectivity index (χ4v) is 5.32. The third kappa shape index (κ3) is 3.78. The van der Waals surface area contributed by atoms with Crippen LogP contribution in [0.3, 0.4) is 0 Å². The first kappa shape index (κ1) is 23.1. The molecule has 3 aromatic carbocycles. The highest BCUT2D eigenvalue weighted by Gasteiger charge is 2.61. The molecule has 0 radical (unpaired) electrons. The van der Waals surface area contributed by atoms with E-state index in [0.29, 0.717) is 43.5 Å². The number of amides is 2. The molecular formula is C27H17Cl3N2O4. The van der Waals surface area contributed by atoms with Crippen LogP contribution < -0.4 is 9.96 Å². The van der Waals surface area contributed by atoms with Gasteiger partial charge in [-0.15, -0.1) is 0 Å². The van der Waals surface area contributed by atoms with E-state index in [1.165, 1.54) is 0 Å². The minimum Gasteiger partial charge on any atom is -0.459 e. The molecule has 2 amide bonds. The van der Waals surface area contributed by atoms with E-state index in [4.69, 9.17) is 44.1 Å². The van der Waals surface area contributed by atoms with Gasteiger partial charge in [-0.3, -0.25) is 14.4 Å². The molecule has 0 unspecified atom stereocenters. The van der Waals surface area contributed by atoms with Crippen molar-refractivity contribution in [3.8, 4) is 11.3 Å². The number of anilines is 2. The lowest BCUT2D eigenvalue weighted by Crippen LogP contribution is -2.37. The Morgan fingerprint density at radius 2 is 1.44 bits per heavy atom. The standard InChI is InChI=1S/C27H17Cl3N2O4/c28-15-6-9-17(10-7-15)31-26(33)23-24(32(36-25(23)27(31)34)18-4-2-1-3-5-18)22-13-12-21(35-22)19-11-8-16(29)14-20(19)30/h1-14,23-25H/t23-,24+,25+/m0/s1. The summed E-state index contributed by atoms with van der Waals surface area (Å²) in [4.78, 5) is 34.4. The van der Waals surface area contributed by atoms with Crippen molar-refractivity contribution >= 4 is 58.0 Å². The Labute approximate surface area is 221 Å². The largest absolute Gasteiger partial charge is 0.459 e. The minimum absolute atomic E-state index is 0.377. The molecule has 0 bridgehead atoms. The molecule has 1 aromatic heterocycles. The zero-order valence-corrected chi connectivity index (χ0v) is 20.7. The van der Waals surface area contributed by atoms with Crippen LogP contribution in [0.2, 0.25) is 15.1 Å². The number of nitrogens with zero attached hydrogens (tertiary/aromatic N) is 2. The number of benzene rings is 3. The van der Waals surface area contributed by atoms with Crippen LogP contribution in [0.15, 0.2) is 89.3 Å². The molecule has 4 aromatic rings. The first-order chi connectivity index (χ1) is 17.4. The monoisotopic (exact) mass is 538 g/mol. The van der Waals surface area contributed by atoms with E-state index in [2.05, 4.69) is 0 Å². The minimum atomic E-state index is -1.01. The van der Waals surface area contributed by atoms with Crippen molar-refractivity contribution < 1.29 is 18.8 Å².